The van der Waals surface area contributed by atoms with Crippen LogP contribution in [0.25, 0.3) is 0 Å². The highest BCUT2D eigenvalue weighted by Crippen LogP contribution is 2.26. The van der Waals surface area contributed by atoms with Crippen LogP contribution in [0.2, 0.25) is 0 Å². The van der Waals surface area contributed by atoms with E-state index in [0.29, 0.717) is 0 Å². The Morgan fingerprint density at radius 1 is 1.39 bits per heavy atom. The molecule has 0 saturated carbocycles. The fourth-order valence-corrected chi connectivity index (χ4v) is 1.91. The first-order valence-corrected chi connectivity index (χ1v) is 5.49. The second-order valence-corrected chi connectivity index (χ2v) is 3.95. The number of aliphatic hydroxyl groups is 1. The minimum absolute atomic E-state index is 0.181. The van der Waals surface area contributed by atoms with E-state index >= 15 is 0 Å². The van der Waals surface area contributed by atoms with Crippen LogP contribution in [0.15, 0.2) is 41.7 Å². The van der Waals surface area contributed by atoms with Crippen LogP contribution in [0.5, 0.6) is 0 Å². The molecule has 18 heavy (non-hydrogen) atoms. The van der Waals surface area contributed by atoms with Gasteiger partial charge in [-0.15, -0.1) is 0 Å². The van der Waals surface area contributed by atoms with E-state index in [-0.39, 0.29) is 23.8 Å². The number of carbonyl (C=O) groups is 2. The zero-order valence-electron chi connectivity index (χ0n) is 9.84. The van der Waals surface area contributed by atoms with Gasteiger partial charge in [0.2, 0.25) is 0 Å². The molecule has 0 fully saturated rings. The van der Waals surface area contributed by atoms with E-state index in [2.05, 4.69) is 10.1 Å². The van der Waals surface area contributed by atoms with Crippen molar-refractivity contribution in [2.45, 2.75) is 12.5 Å². The molecule has 5 heteroatoms. The predicted molar refractivity (Wildman–Crippen MR) is 63.6 cm³/mol. The summed E-state index contributed by atoms with van der Waals surface area (Å²) in [7, 11) is 1.17. The van der Waals surface area contributed by atoms with Gasteiger partial charge in [-0.25, -0.2) is 4.79 Å². The number of methoxy groups -OCH3 is 1. The van der Waals surface area contributed by atoms with Gasteiger partial charge in [0.1, 0.15) is 5.76 Å². The molecule has 1 aliphatic rings. The van der Waals surface area contributed by atoms with Crippen LogP contribution in [-0.4, -0.2) is 24.1 Å². The van der Waals surface area contributed by atoms with Gasteiger partial charge in [0.25, 0.3) is 5.91 Å². The van der Waals surface area contributed by atoms with Gasteiger partial charge in [-0.3, -0.25) is 4.79 Å². The Kier molecular flexibility index (Phi) is 3.32. The largest absolute Gasteiger partial charge is 0.511 e. The van der Waals surface area contributed by atoms with Gasteiger partial charge in [0.15, 0.2) is 5.57 Å². The van der Waals surface area contributed by atoms with Crippen molar-refractivity contribution >= 4 is 11.9 Å². The van der Waals surface area contributed by atoms with Gasteiger partial charge in [-0.05, 0) is 5.56 Å². The number of nitrogens with one attached hydrogen (secondary N) is 1. The molecule has 1 aromatic carbocycles. The third kappa shape index (κ3) is 2.20. The summed E-state index contributed by atoms with van der Waals surface area (Å²) >= 11 is 0. The summed E-state index contributed by atoms with van der Waals surface area (Å²) in [6.45, 7) is 0. The number of amides is 1. The SMILES string of the molecule is COC(=O)C1=C(O)CC(c2ccccc2)NC1=O. The van der Waals surface area contributed by atoms with Gasteiger partial charge < -0.3 is 15.2 Å². The van der Waals surface area contributed by atoms with Crippen LogP contribution in [0.3, 0.4) is 0 Å². The molecule has 0 aromatic heterocycles. The molecule has 0 spiro atoms. The molecule has 1 amide bonds. The van der Waals surface area contributed by atoms with Gasteiger partial charge in [-0.2, -0.15) is 0 Å². The molecule has 1 unspecified atom stereocenters. The number of aliphatic hydroxyl groups excluding tert-OH is 1. The topological polar surface area (TPSA) is 75.6 Å². The molecular weight excluding hydrogens is 234 g/mol. The molecule has 5 nitrogen and oxygen atoms in total. The van der Waals surface area contributed by atoms with E-state index in [1.165, 1.54) is 7.11 Å². The van der Waals surface area contributed by atoms with Crippen molar-refractivity contribution in [2.24, 2.45) is 0 Å². The minimum Gasteiger partial charge on any atom is -0.511 e. The summed E-state index contributed by atoms with van der Waals surface area (Å²) in [4.78, 5) is 23.1. The average molecular weight is 247 g/mol. The highest BCUT2D eigenvalue weighted by atomic mass is 16.5. The monoisotopic (exact) mass is 247 g/mol. The molecule has 1 heterocycles. The number of hydrogen-bond donors (Lipinski definition) is 2. The standard InChI is InChI=1S/C13H13NO4/c1-18-13(17)11-10(15)7-9(14-12(11)16)8-5-3-2-4-6-8/h2-6,9,15H,7H2,1H3,(H,14,16). The molecule has 2 rings (SSSR count). The quantitative estimate of drug-likeness (QED) is 0.609. The molecule has 1 atom stereocenters. The van der Waals surface area contributed by atoms with E-state index in [9.17, 15) is 14.7 Å². The Hall–Kier alpha value is -2.30. The molecular formula is C13H13NO4. The van der Waals surface area contributed by atoms with Crippen molar-refractivity contribution in [3.8, 4) is 0 Å². The molecule has 0 bridgehead atoms. The van der Waals surface area contributed by atoms with Crippen LogP contribution in [0.1, 0.15) is 18.0 Å². The number of benzene rings is 1. The zero-order valence-corrected chi connectivity index (χ0v) is 9.84. The zero-order chi connectivity index (χ0) is 13.1. The Bertz CT molecular complexity index is 507. The maximum absolute atomic E-state index is 11.8. The highest BCUT2D eigenvalue weighted by Gasteiger charge is 2.32. The van der Waals surface area contributed by atoms with Crippen molar-refractivity contribution in [2.75, 3.05) is 7.11 Å². The second kappa shape index (κ2) is 4.91. The first kappa shape index (κ1) is 12.2. The first-order chi connectivity index (χ1) is 8.63. The van der Waals surface area contributed by atoms with Gasteiger partial charge >= 0.3 is 5.97 Å². The summed E-state index contributed by atoms with van der Waals surface area (Å²) in [6.07, 6.45) is 0.181. The lowest BCUT2D eigenvalue weighted by atomic mass is 9.96. The Balaban J connectivity index is 2.28. The van der Waals surface area contributed by atoms with Crippen LogP contribution in [0.4, 0.5) is 0 Å². The smallest absolute Gasteiger partial charge is 0.346 e. The molecule has 0 saturated heterocycles. The van der Waals surface area contributed by atoms with Crippen molar-refractivity contribution in [1.82, 2.24) is 5.32 Å². The third-order valence-corrected chi connectivity index (χ3v) is 2.81. The summed E-state index contributed by atoms with van der Waals surface area (Å²) in [6, 6.07) is 8.93. The maximum atomic E-state index is 11.8. The van der Waals surface area contributed by atoms with Crippen molar-refractivity contribution < 1.29 is 19.4 Å². The Morgan fingerprint density at radius 2 is 2.06 bits per heavy atom. The maximum Gasteiger partial charge on any atom is 0.346 e. The molecule has 94 valence electrons. The summed E-state index contributed by atoms with van der Waals surface area (Å²) < 4.78 is 4.45. The summed E-state index contributed by atoms with van der Waals surface area (Å²) in [5, 5.41) is 12.5. The first-order valence-electron chi connectivity index (χ1n) is 5.49. The predicted octanol–water partition coefficient (Wildman–Crippen LogP) is 1.23. The van der Waals surface area contributed by atoms with Gasteiger partial charge in [-0.1, -0.05) is 30.3 Å². The van der Waals surface area contributed by atoms with E-state index in [0.717, 1.165) is 5.56 Å². The number of ether oxygens (including phenoxy) is 1. The molecule has 2 N–H and O–H groups in total. The van der Waals surface area contributed by atoms with E-state index < -0.39 is 11.9 Å². The number of rotatable bonds is 2. The fourth-order valence-electron chi connectivity index (χ4n) is 1.91. The molecule has 1 aliphatic heterocycles. The van der Waals surface area contributed by atoms with Crippen molar-refractivity contribution in [1.29, 1.82) is 0 Å². The van der Waals surface area contributed by atoms with Crippen LogP contribution < -0.4 is 5.32 Å². The summed E-state index contributed by atoms with van der Waals surface area (Å²) in [5.41, 5.74) is 0.561. The van der Waals surface area contributed by atoms with Crippen LogP contribution in [-0.2, 0) is 14.3 Å². The number of esters is 1. The highest BCUT2D eigenvalue weighted by molar-refractivity contribution is 6.17. The molecule has 0 radical (unpaired) electrons. The van der Waals surface area contributed by atoms with E-state index in [1.54, 1.807) is 0 Å². The van der Waals surface area contributed by atoms with Crippen molar-refractivity contribution in [3.05, 3.63) is 47.2 Å². The molecule has 1 aromatic rings. The Morgan fingerprint density at radius 3 is 2.61 bits per heavy atom. The minimum atomic E-state index is -0.823. The lowest BCUT2D eigenvalue weighted by Gasteiger charge is -2.24. The number of hydrogen-bond acceptors (Lipinski definition) is 4. The molecule has 0 aliphatic carbocycles. The lowest BCUT2D eigenvalue weighted by Crippen LogP contribution is -2.37. The van der Waals surface area contributed by atoms with E-state index in [1.807, 2.05) is 30.3 Å². The fraction of sp³-hybridized carbons (Fsp3) is 0.231. The van der Waals surface area contributed by atoms with Crippen molar-refractivity contribution in [3.63, 3.8) is 0 Å². The Labute approximate surface area is 104 Å². The van der Waals surface area contributed by atoms with E-state index in [4.69, 9.17) is 0 Å². The third-order valence-electron chi connectivity index (χ3n) is 2.81. The van der Waals surface area contributed by atoms with Crippen LogP contribution >= 0.6 is 0 Å². The normalized spacial score (nSPS) is 19.4. The summed E-state index contributed by atoms with van der Waals surface area (Å²) in [5.74, 6) is -1.67. The van der Waals surface area contributed by atoms with Gasteiger partial charge in [0, 0.05) is 6.42 Å². The van der Waals surface area contributed by atoms with Gasteiger partial charge in [0.05, 0.1) is 13.2 Å². The second-order valence-electron chi connectivity index (χ2n) is 3.95. The number of carbonyl (C=O) groups excluding carboxylic acids is 2. The van der Waals surface area contributed by atoms with Crippen LogP contribution in [0, 0.1) is 0 Å². The lowest BCUT2D eigenvalue weighted by molar-refractivity contribution is -0.138. The average Bonchev–Trinajstić information content (AvgIpc) is 2.38.